The van der Waals surface area contributed by atoms with Crippen molar-refractivity contribution < 1.29 is 4.74 Å². The number of hydrogen-bond acceptors (Lipinski definition) is 6. The number of rotatable bonds is 9. The largest absolute Gasteiger partial charge is 0.380 e. The minimum Gasteiger partial charge on any atom is -0.380 e. The molecule has 1 fully saturated rings. The number of piperazine rings is 1. The zero-order chi connectivity index (χ0) is 21.3. The van der Waals surface area contributed by atoms with Crippen molar-refractivity contribution in [2.24, 2.45) is 0 Å². The Labute approximate surface area is 180 Å². The van der Waals surface area contributed by atoms with Crippen molar-refractivity contribution >= 4 is 11.5 Å². The molecule has 160 valence electrons. The van der Waals surface area contributed by atoms with Crippen molar-refractivity contribution in [2.45, 2.75) is 33.3 Å². The highest BCUT2D eigenvalue weighted by molar-refractivity contribution is 5.96. The highest BCUT2D eigenvalue weighted by atomic mass is 16.5. The Morgan fingerprint density at radius 3 is 2.43 bits per heavy atom. The van der Waals surface area contributed by atoms with Crippen molar-refractivity contribution in [3.05, 3.63) is 53.9 Å². The van der Waals surface area contributed by atoms with Crippen LogP contribution in [0.2, 0.25) is 0 Å². The van der Waals surface area contributed by atoms with Gasteiger partial charge in [-0.3, -0.25) is 9.88 Å². The van der Waals surface area contributed by atoms with E-state index >= 15 is 0 Å². The molecule has 0 radical (unpaired) electrons. The average Bonchev–Trinajstić information content (AvgIpc) is 2.78. The zero-order valence-corrected chi connectivity index (χ0v) is 18.4. The Hall–Kier alpha value is -2.57. The van der Waals surface area contributed by atoms with Gasteiger partial charge >= 0.3 is 0 Å². The molecule has 2 heterocycles. The van der Waals surface area contributed by atoms with Gasteiger partial charge in [0.15, 0.2) is 5.82 Å². The smallest absolute Gasteiger partial charge is 0.155 e. The lowest BCUT2D eigenvalue weighted by atomic mass is 10.1. The van der Waals surface area contributed by atoms with E-state index in [1.165, 1.54) is 0 Å². The van der Waals surface area contributed by atoms with E-state index in [2.05, 4.69) is 57.0 Å². The second-order valence-corrected chi connectivity index (χ2v) is 7.76. The summed E-state index contributed by atoms with van der Waals surface area (Å²) in [5.41, 5.74) is 4.98. The fourth-order valence-corrected chi connectivity index (χ4v) is 3.70. The van der Waals surface area contributed by atoms with Gasteiger partial charge in [0.05, 0.1) is 6.61 Å². The standard InChI is InChI=1S/C24H33N5O/c1-4-5-6-22(19(2)25)17-28-13-15-29(16-14-28)24-23(26-11-12-27-24)21-9-7-20(8-10-21)18-30-3/h6-12,25H,4-5,13-18H2,1-3H3/b22-6-,25-19?. The van der Waals surface area contributed by atoms with Gasteiger partial charge in [-0.25, -0.2) is 4.98 Å². The topological polar surface area (TPSA) is 65.3 Å². The van der Waals surface area contributed by atoms with Crippen LogP contribution < -0.4 is 4.90 Å². The van der Waals surface area contributed by atoms with Crippen LogP contribution in [0.1, 0.15) is 32.3 Å². The second kappa shape index (κ2) is 11.0. The summed E-state index contributed by atoms with van der Waals surface area (Å²) in [7, 11) is 1.71. The summed E-state index contributed by atoms with van der Waals surface area (Å²) in [6.07, 6.45) is 7.91. The predicted molar refractivity (Wildman–Crippen MR) is 123 cm³/mol. The molecule has 0 atom stereocenters. The van der Waals surface area contributed by atoms with E-state index in [-0.39, 0.29) is 0 Å². The molecular formula is C24H33N5O. The Morgan fingerprint density at radius 2 is 1.80 bits per heavy atom. The summed E-state index contributed by atoms with van der Waals surface area (Å²) in [6.45, 7) is 9.27. The molecule has 0 unspecified atom stereocenters. The van der Waals surface area contributed by atoms with E-state index in [0.29, 0.717) is 12.3 Å². The van der Waals surface area contributed by atoms with Crippen molar-refractivity contribution in [3.63, 3.8) is 0 Å². The number of allylic oxidation sites excluding steroid dienone is 1. The number of methoxy groups -OCH3 is 1. The quantitative estimate of drug-likeness (QED) is 0.632. The molecule has 0 bridgehead atoms. The number of hydrogen-bond donors (Lipinski definition) is 1. The van der Waals surface area contributed by atoms with Crippen molar-refractivity contribution in [2.75, 3.05) is 44.7 Å². The number of nitrogens with zero attached hydrogens (tertiary/aromatic N) is 4. The lowest BCUT2D eigenvalue weighted by Crippen LogP contribution is -2.47. The fraction of sp³-hybridized carbons (Fsp3) is 0.458. The van der Waals surface area contributed by atoms with Gasteiger partial charge in [-0.1, -0.05) is 43.7 Å². The van der Waals surface area contributed by atoms with Gasteiger partial charge in [-0.15, -0.1) is 0 Å². The van der Waals surface area contributed by atoms with Crippen molar-refractivity contribution in [1.82, 2.24) is 14.9 Å². The lowest BCUT2D eigenvalue weighted by Gasteiger charge is -2.36. The number of unbranched alkanes of at least 4 members (excludes halogenated alkanes) is 1. The molecule has 1 aromatic heterocycles. The van der Waals surface area contributed by atoms with Crippen LogP contribution in [0.4, 0.5) is 5.82 Å². The summed E-state index contributed by atoms with van der Waals surface area (Å²) in [6, 6.07) is 8.35. The molecule has 3 rings (SSSR count). The van der Waals surface area contributed by atoms with E-state index in [1.54, 1.807) is 19.5 Å². The van der Waals surface area contributed by atoms with Gasteiger partial charge in [0.2, 0.25) is 0 Å². The summed E-state index contributed by atoms with van der Waals surface area (Å²) in [5, 5.41) is 8.06. The van der Waals surface area contributed by atoms with Gasteiger partial charge in [0, 0.05) is 63.5 Å². The maximum atomic E-state index is 8.06. The molecule has 0 aliphatic carbocycles. The molecule has 1 aromatic carbocycles. The Morgan fingerprint density at radius 1 is 1.10 bits per heavy atom. The summed E-state index contributed by atoms with van der Waals surface area (Å²) >= 11 is 0. The molecule has 0 saturated carbocycles. The van der Waals surface area contributed by atoms with E-state index in [4.69, 9.17) is 10.1 Å². The third-order valence-electron chi connectivity index (χ3n) is 5.44. The van der Waals surface area contributed by atoms with Crippen LogP contribution in [0.15, 0.2) is 48.3 Å². The van der Waals surface area contributed by atoms with Crippen LogP contribution >= 0.6 is 0 Å². The molecule has 0 spiro atoms. The fourth-order valence-electron chi connectivity index (χ4n) is 3.70. The van der Waals surface area contributed by atoms with Gasteiger partial charge in [0.1, 0.15) is 5.69 Å². The maximum Gasteiger partial charge on any atom is 0.155 e. The molecular weight excluding hydrogens is 374 g/mol. The van der Waals surface area contributed by atoms with Crippen molar-refractivity contribution in [3.8, 4) is 11.3 Å². The Bertz CT molecular complexity index is 854. The van der Waals surface area contributed by atoms with Crippen LogP contribution in [0.25, 0.3) is 11.3 Å². The lowest BCUT2D eigenvalue weighted by molar-refractivity contribution is 0.185. The van der Waals surface area contributed by atoms with Crippen molar-refractivity contribution in [1.29, 1.82) is 5.41 Å². The average molecular weight is 408 g/mol. The summed E-state index contributed by atoms with van der Waals surface area (Å²) < 4.78 is 5.21. The minimum absolute atomic E-state index is 0.611. The molecule has 1 saturated heterocycles. The molecule has 6 nitrogen and oxygen atoms in total. The van der Waals surface area contributed by atoms with Crippen LogP contribution in [0.5, 0.6) is 0 Å². The molecule has 1 aliphatic rings. The van der Waals surface area contributed by atoms with E-state index in [9.17, 15) is 0 Å². The van der Waals surface area contributed by atoms with Gasteiger partial charge in [-0.05, 0) is 24.5 Å². The first-order chi connectivity index (χ1) is 14.6. The second-order valence-electron chi connectivity index (χ2n) is 7.76. The van der Waals surface area contributed by atoms with E-state index in [1.807, 2.05) is 6.92 Å². The maximum absolute atomic E-state index is 8.06. The summed E-state index contributed by atoms with van der Waals surface area (Å²) in [4.78, 5) is 14.1. The Balaban J connectivity index is 1.68. The molecule has 0 amide bonds. The Kier molecular flexibility index (Phi) is 8.11. The molecule has 1 N–H and O–H groups in total. The summed E-state index contributed by atoms with van der Waals surface area (Å²) in [5.74, 6) is 0.946. The minimum atomic E-state index is 0.611. The number of ether oxygens (including phenoxy) is 1. The predicted octanol–water partition coefficient (Wildman–Crippen LogP) is 4.18. The van der Waals surface area contributed by atoms with Crippen LogP contribution in [-0.2, 0) is 11.3 Å². The van der Waals surface area contributed by atoms with E-state index in [0.717, 1.165) is 73.8 Å². The van der Waals surface area contributed by atoms with E-state index < -0.39 is 0 Å². The third kappa shape index (κ3) is 5.74. The van der Waals surface area contributed by atoms with Crippen LogP contribution in [0.3, 0.4) is 0 Å². The number of nitrogens with one attached hydrogen (secondary N) is 1. The molecule has 1 aliphatic heterocycles. The molecule has 2 aromatic rings. The number of anilines is 1. The van der Waals surface area contributed by atoms with Gasteiger partial charge in [0.25, 0.3) is 0 Å². The number of benzene rings is 1. The number of aromatic nitrogens is 2. The van der Waals surface area contributed by atoms with Gasteiger partial charge in [-0.2, -0.15) is 0 Å². The monoisotopic (exact) mass is 407 g/mol. The molecule has 30 heavy (non-hydrogen) atoms. The van der Waals surface area contributed by atoms with Gasteiger partial charge < -0.3 is 15.0 Å². The first kappa shape index (κ1) is 22.1. The highest BCUT2D eigenvalue weighted by Gasteiger charge is 2.22. The van der Waals surface area contributed by atoms with Crippen LogP contribution in [-0.4, -0.2) is 60.4 Å². The zero-order valence-electron chi connectivity index (χ0n) is 18.4. The highest BCUT2D eigenvalue weighted by Crippen LogP contribution is 2.27. The van der Waals surface area contributed by atoms with Crippen LogP contribution in [0, 0.1) is 5.41 Å². The third-order valence-corrected chi connectivity index (χ3v) is 5.44. The SMILES string of the molecule is CCC/C=C(/CN1CCN(c2nccnc2-c2ccc(COC)cc2)CC1)C(C)=N. The molecule has 6 heteroatoms. The first-order valence-electron chi connectivity index (χ1n) is 10.7. The normalized spacial score (nSPS) is 15.4. The first-order valence-corrected chi connectivity index (χ1v) is 10.7.